The Morgan fingerprint density at radius 2 is 1.81 bits per heavy atom. The highest BCUT2D eigenvalue weighted by Gasteiger charge is 2.51. The van der Waals surface area contributed by atoms with E-state index < -0.39 is 11.9 Å². The van der Waals surface area contributed by atoms with E-state index in [2.05, 4.69) is 6.58 Å². The number of nitrogens with zero attached hydrogens (tertiary/aromatic N) is 1. The minimum absolute atomic E-state index is 0.0104. The first-order valence-corrected chi connectivity index (χ1v) is 8.69. The van der Waals surface area contributed by atoms with Crippen LogP contribution < -0.4 is 4.74 Å². The van der Waals surface area contributed by atoms with Crippen molar-refractivity contribution in [2.75, 3.05) is 0 Å². The second kappa shape index (κ2) is 6.19. The molecule has 3 unspecified atom stereocenters. The Labute approximate surface area is 155 Å². The molecule has 2 bridgehead atoms. The number of carbonyl (C=O) groups is 2. The predicted molar refractivity (Wildman–Crippen MR) is 95.2 cm³/mol. The molecule has 2 aliphatic rings. The van der Waals surface area contributed by atoms with E-state index in [0.717, 1.165) is 12.5 Å². The van der Waals surface area contributed by atoms with Gasteiger partial charge in [-0.2, -0.15) is 0 Å². The van der Waals surface area contributed by atoms with Crippen molar-refractivity contribution in [1.29, 1.82) is 0 Å². The molecular formula is C20H19NO6. The summed E-state index contributed by atoms with van der Waals surface area (Å²) in [5.41, 5.74) is 1.89. The zero-order chi connectivity index (χ0) is 19.3. The molecule has 0 amide bonds. The maximum Gasteiger partial charge on any atom is 0.330 e. The Kier molecular flexibility index (Phi) is 3.95. The van der Waals surface area contributed by atoms with Gasteiger partial charge in [-0.15, -0.1) is 0 Å². The molecule has 1 heterocycles. The van der Waals surface area contributed by atoms with Crippen LogP contribution in [0, 0.1) is 0 Å². The molecule has 1 fully saturated rings. The van der Waals surface area contributed by atoms with E-state index in [1.54, 1.807) is 24.3 Å². The number of benzene rings is 1. The topological polar surface area (TPSA) is 98.0 Å². The third kappa shape index (κ3) is 2.66. The maximum atomic E-state index is 11.5. The van der Waals surface area contributed by atoms with Crippen LogP contribution >= 0.6 is 0 Å². The lowest BCUT2D eigenvalue weighted by molar-refractivity contribution is -0.143. The summed E-state index contributed by atoms with van der Waals surface area (Å²) in [5, 5.41) is 21.5. The number of rotatable bonds is 4. The quantitative estimate of drug-likeness (QED) is 0.489. The van der Waals surface area contributed by atoms with Crippen LogP contribution in [0.5, 0.6) is 17.5 Å². The van der Waals surface area contributed by atoms with Gasteiger partial charge in [0.25, 0.3) is 0 Å². The number of ether oxygens (including phenoxy) is 2. The first kappa shape index (κ1) is 17.2. The molecule has 4 rings (SSSR count). The Balaban J connectivity index is 1.69. The number of carbonyl (C=O) groups excluding carboxylic acids is 2. The Hall–Kier alpha value is -3.22. The Bertz CT molecular complexity index is 942. The van der Waals surface area contributed by atoms with Gasteiger partial charge in [0.15, 0.2) is 0 Å². The van der Waals surface area contributed by atoms with Gasteiger partial charge in [-0.25, -0.2) is 4.79 Å². The average Bonchev–Trinajstić information content (AvgIpc) is 3.27. The van der Waals surface area contributed by atoms with E-state index in [1.165, 1.54) is 11.5 Å². The smallest absolute Gasteiger partial charge is 0.330 e. The van der Waals surface area contributed by atoms with Crippen molar-refractivity contribution in [3.63, 3.8) is 0 Å². The molecule has 2 aliphatic carbocycles. The molecule has 0 aliphatic heterocycles. The van der Waals surface area contributed by atoms with Gasteiger partial charge in [0.2, 0.25) is 11.8 Å². The van der Waals surface area contributed by atoms with Gasteiger partial charge in [0, 0.05) is 30.0 Å². The van der Waals surface area contributed by atoms with Crippen molar-refractivity contribution in [3.05, 3.63) is 48.0 Å². The van der Waals surface area contributed by atoms with Gasteiger partial charge in [-0.05, 0) is 43.0 Å². The molecule has 3 atom stereocenters. The summed E-state index contributed by atoms with van der Waals surface area (Å²) in [4.78, 5) is 22.6. The number of hydrogen-bond acceptors (Lipinski definition) is 6. The highest BCUT2D eigenvalue weighted by Crippen LogP contribution is 2.61. The number of esters is 2. The SMILES string of the molecule is C=CC(=O)OC1CC2CC1c1c2c(O)n(-c2ccc(OC(C)=O)cc2)c1O. The van der Waals surface area contributed by atoms with Crippen LogP contribution in [0.15, 0.2) is 36.9 Å². The Morgan fingerprint density at radius 3 is 2.44 bits per heavy atom. The largest absolute Gasteiger partial charge is 0.494 e. The third-order valence-corrected chi connectivity index (χ3v) is 5.27. The van der Waals surface area contributed by atoms with Gasteiger partial charge >= 0.3 is 11.9 Å². The van der Waals surface area contributed by atoms with Crippen molar-refractivity contribution in [1.82, 2.24) is 4.57 Å². The fourth-order valence-electron chi connectivity index (χ4n) is 4.29. The van der Waals surface area contributed by atoms with Crippen molar-refractivity contribution >= 4 is 11.9 Å². The minimum Gasteiger partial charge on any atom is -0.494 e. The standard InChI is InChI=1S/C20H19NO6/c1-3-16(23)27-15-9-11-8-14(15)18-17(11)19(24)21(20(18)25)12-4-6-13(7-5-12)26-10(2)22/h3-7,11,14-15,24-25H,1,8-9H2,2H3. The van der Waals surface area contributed by atoms with Crippen LogP contribution in [-0.2, 0) is 14.3 Å². The minimum atomic E-state index is -0.488. The first-order chi connectivity index (χ1) is 12.9. The summed E-state index contributed by atoms with van der Waals surface area (Å²) >= 11 is 0. The lowest BCUT2D eigenvalue weighted by Gasteiger charge is -2.21. The molecule has 1 saturated carbocycles. The van der Waals surface area contributed by atoms with Crippen molar-refractivity contribution < 1.29 is 29.3 Å². The summed E-state index contributed by atoms with van der Waals surface area (Å²) in [6.45, 7) is 4.72. The summed E-state index contributed by atoms with van der Waals surface area (Å²) < 4.78 is 11.8. The molecular weight excluding hydrogens is 350 g/mol. The van der Waals surface area contributed by atoms with Crippen LogP contribution in [0.3, 0.4) is 0 Å². The molecule has 7 heteroatoms. The average molecular weight is 369 g/mol. The normalized spacial score (nSPS) is 22.3. The molecule has 0 saturated heterocycles. The van der Waals surface area contributed by atoms with Gasteiger partial charge in [-0.3, -0.25) is 9.36 Å². The zero-order valence-corrected chi connectivity index (χ0v) is 14.7. The molecule has 0 radical (unpaired) electrons. The molecule has 1 aromatic heterocycles. The molecule has 27 heavy (non-hydrogen) atoms. The van der Waals surface area contributed by atoms with Gasteiger partial charge < -0.3 is 19.7 Å². The number of hydrogen-bond donors (Lipinski definition) is 2. The molecule has 140 valence electrons. The monoisotopic (exact) mass is 369 g/mol. The summed E-state index contributed by atoms with van der Waals surface area (Å²) in [7, 11) is 0. The van der Waals surface area contributed by atoms with E-state index in [0.29, 0.717) is 29.0 Å². The first-order valence-electron chi connectivity index (χ1n) is 8.69. The Morgan fingerprint density at radius 1 is 1.15 bits per heavy atom. The van der Waals surface area contributed by atoms with E-state index in [4.69, 9.17) is 9.47 Å². The lowest BCUT2D eigenvalue weighted by Crippen LogP contribution is -2.22. The maximum absolute atomic E-state index is 11.5. The molecule has 7 nitrogen and oxygen atoms in total. The van der Waals surface area contributed by atoms with Crippen LogP contribution in [0.4, 0.5) is 0 Å². The highest BCUT2D eigenvalue weighted by molar-refractivity contribution is 5.81. The van der Waals surface area contributed by atoms with Crippen molar-refractivity contribution in [2.45, 2.75) is 37.7 Å². The molecule has 2 aromatic rings. The predicted octanol–water partition coefficient (Wildman–Crippen LogP) is 2.89. The molecule has 1 aromatic carbocycles. The van der Waals surface area contributed by atoms with E-state index >= 15 is 0 Å². The fraction of sp³-hybridized carbons (Fsp3) is 0.300. The molecule has 2 N–H and O–H groups in total. The number of aromatic nitrogens is 1. The van der Waals surface area contributed by atoms with Gasteiger partial charge in [-0.1, -0.05) is 6.58 Å². The number of aromatic hydroxyl groups is 2. The van der Waals surface area contributed by atoms with Crippen molar-refractivity contribution in [3.8, 4) is 23.2 Å². The van der Waals surface area contributed by atoms with E-state index in [-0.39, 0.29) is 29.7 Å². The lowest BCUT2D eigenvalue weighted by atomic mass is 9.92. The fourth-order valence-corrected chi connectivity index (χ4v) is 4.29. The van der Waals surface area contributed by atoms with Crippen LogP contribution in [0.1, 0.15) is 42.7 Å². The van der Waals surface area contributed by atoms with Crippen LogP contribution in [-0.4, -0.2) is 32.8 Å². The molecule has 0 spiro atoms. The zero-order valence-electron chi connectivity index (χ0n) is 14.7. The van der Waals surface area contributed by atoms with E-state index in [9.17, 15) is 19.8 Å². The summed E-state index contributed by atoms with van der Waals surface area (Å²) in [6, 6.07) is 6.46. The number of fused-ring (bicyclic) bond motifs is 5. The van der Waals surface area contributed by atoms with Gasteiger partial charge in [0.1, 0.15) is 11.9 Å². The second-order valence-electron chi connectivity index (χ2n) is 6.85. The third-order valence-electron chi connectivity index (χ3n) is 5.27. The second-order valence-corrected chi connectivity index (χ2v) is 6.85. The van der Waals surface area contributed by atoms with Gasteiger partial charge in [0.05, 0.1) is 5.69 Å². The summed E-state index contributed by atoms with van der Waals surface area (Å²) in [5.74, 6) is -0.732. The van der Waals surface area contributed by atoms with E-state index in [1.807, 2.05) is 0 Å². The van der Waals surface area contributed by atoms with Crippen molar-refractivity contribution in [2.24, 2.45) is 0 Å². The van der Waals surface area contributed by atoms with Crippen LogP contribution in [0.2, 0.25) is 0 Å². The van der Waals surface area contributed by atoms with Crippen LogP contribution in [0.25, 0.3) is 5.69 Å². The highest BCUT2D eigenvalue weighted by atomic mass is 16.5. The summed E-state index contributed by atoms with van der Waals surface area (Å²) in [6.07, 6.45) is 2.13.